The average molecular weight is 374 g/mol. The Morgan fingerprint density at radius 1 is 1.43 bits per heavy atom. The lowest BCUT2D eigenvalue weighted by Gasteiger charge is -2.12. The van der Waals surface area contributed by atoms with Crippen LogP contribution < -0.4 is 4.72 Å². The average Bonchev–Trinajstić information content (AvgIpc) is 2.84. The molecule has 0 atom stereocenters. The zero-order valence-electron chi connectivity index (χ0n) is 11.7. The van der Waals surface area contributed by atoms with E-state index in [1.165, 1.54) is 6.07 Å². The molecule has 0 bridgehead atoms. The minimum absolute atomic E-state index is 0.103. The van der Waals surface area contributed by atoms with E-state index in [4.69, 9.17) is 0 Å². The van der Waals surface area contributed by atoms with Crippen LogP contribution in [0.25, 0.3) is 0 Å². The number of rotatable bonds is 5. The van der Waals surface area contributed by atoms with Gasteiger partial charge in [-0.15, -0.1) is 0 Å². The van der Waals surface area contributed by atoms with Gasteiger partial charge >= 0.3 is 0 Å². The molecule has 0 radical (unpaired) electrons. The molecule has 0 unspecified atom stereocenters. The molecule has 2 N–H and O–H groups in total. The fraction of sp³-hybridized carbons (Fsp3) is 0.308. The van der Waals surface area contributed by atoms with Gasteiger partial charge in [-0.1, -0.05) is 15.9 Å². The van der Waals surface area contributed by atoms with Gasteiger partial charge in [0.1, 0.15) is 5.82 Å². The zero-order chi connectivity index (χ0) is 15.6. The highest BCUT2D eigenvalue weighted by Crippen LogP contribution is 2.25. The predicted octanol–water partition coefficient (Wildman–Crippen LogP) is 1.46. The van der Waals surface area contributed by atoms with Gasteiger partial charge in [0.05, 0.1) is 18.0 Å². The van der Waals surface area contributed by atoms with Gasteiger partial charge in [-0.3, -0.25) is 0 Å². The van der Waals surface area contributed by atoms with Gasteiger partial charge in [-0.05, 0) is 30.2 Å². The van der Waals surface area contributed by atoms with Crippen LogP contribution in [-0.2, 0) is 30.2 Å². The Hall–Kier alpha value is -1.22. The third kappa shape index (κ3) is 3.52. The van der Waals surface area contributed by atoms with Gasteiger partial charge < -0.3 is 9.67 Å². The minimum Gasteiger partial charge on any atom is -0.392 e. The van der Waals surface area contributed by atoms with E-state index in [0.717, 1.165) is 0 Å². The molecular formula is C13H16BrN3O3S. The van der Waals surface area contributed by atoms with Gasteiger partial charge in [0.15, 0.2) is 0 Å². The number of nitrogens with one attached hydrogen (secondary N) is 1. The summed E-state index contributed by atoms with van der Waals surface area (Å²) in [7, 11) is -1.89. The third-order valence-corrected chi connectivity index (χ3v) is 5.52. The van der Waals surface area contributed by atoms with E-state index in [1.807, 2.05) is 0 Å². The monoisotopic (exact) mass is 373 g/mol. The molecular weight excluding hydrogens is 358 g/mol. The Morgan fingerprint density at radius 2 is 2.14 bits per heavy atom. The summed E-state index contributed by atoms with van der Waals surface area (Å²) < 4.78 is 29.8. The number of hydrogen-bond donors (Lipinski definition) is 2. The molecule has 0 spiro atoms. The topological polar surface area (TPSA) is 84.2 Å². The number of aryl methyl sites for hydroxylation is 1. The number of imidazole rings is 1. The van der Waals surface area contributed by atoms with Gasteiger partial charge in [-0.25, -0.2) is 18.1 Å². The molecule has 0 aliphatic heterocycles. The molecule has 0 fully saturated rings. The Labute approximate surface area is 132 Å². The van der Waals surface area contributed by atoms with Crippen LogP contribution in [0.1, 0.15) is 17.0 Å². The summed E-state index contributed by atoms with van der Waals surface area (Å²) in [5.74, 6) is 0.619. The first kappa shape index (κ1) is 16.2. The summed E-state index contributed by atoms with van der Waals surface area (Å²) in [6.45, 7) is 1.59. The Morgan fingerprint density at radius 3 is 2.71 bits per heavy atom. The van der Waals surface area contributed by atoms with Crippen molar-refractivity contribution < 1.29 is 13.5 Å². The van der Waals surface area contributed by atoms with Crippen molar-refractivity contribution in [1.82, 2.24) is 14.3 Å². The minimum atomic E-state index is -3.68. The maximum Gasteiger partial charge on any atom is 0.241 e. The highest BCUT2D eigenvalue weighted by Gasteiger charge is 2.19. The maximum absolute atomic E-state index is 12.4. The van der Waals surface area contributed by atoms with Crippen molar-refractivity contribution in [2.45, 2.75) is 25.0 Å². The first-order chi connectivity index (χ1) is 9.85. The Balaban J connectivity index is 2.31. The molecule has 0 aliphatic carbocycles. The van der Waals surface area contributed by atoms with E-state index in [9.17, 15) is 13.5 Å². The Kier molecular flexibility index (Phi) is 4.82. The number of halogens is 1. The lowest BCUT2D eigenvalue weighted by molar-refractivity contribution is 0.281. The molecule has 0 saturated carbocycles. The van der Waals surface area contributed by atoms with Gasteiger partial charge in [0.2, 0.25) is 10.0 Å². The van der Waals surface area contributed by atoms with Crippen LogP contribution in [0.4, 0.5) is 0 Å². The van der Waals surface area contributed by atoms with E-state index >= 15 is 0 Å². The molecule has 21 heavy (non-hydrogen) atoms. The van der Waals surface area contributed by atoms with E-state index in [2.05, 4.69) is 25.6 Å². The summed E-state index contributed by atoms with van der Waals surface area (Å²) in [4.78, 5) is 4.22. The maximum atomic E-state index is 12.4. The fourth-order valence-electron chi connectivity index (χ4n) is 1.88. The lowest BCUT2D eigenvalue weighted by Crippen LogP contribution is -2.25. The molecule has 0 aliphatic rings. The fourth-order valence-corrected chi connectivity index (χ4v) is 3.81. The zero-order valence-corrected chi connectivity index (χ0v) is 14.1. The van der Waals surface area contributed by atoms with Crippen LogP contribution in [-0.4, -0.2) is 23.1 Å². The molecule has 6 nitrogen and oxygen atoms in total. The molecule has 1 heterocycles. The van der Waals surface area contributed by atoms with Crippen molar-refractivity contribution in [3.8, 4) is 0 Å². The van der Waals surface area contributed by atoms with Crippen LogP contribution in [0.15, 0.2) is 33.9 Å². The molecule has 2 rings (SSSR count). The summed E-state index contributed by atoms with van der Waals surface area (Å²) in [6, 6.07) is 3.17. The summed E-state index contributed by atoms with van der Waals surface area (Å²) >= 11 is 3.31. The quantitative estimate of drug-likeness (QED) is 0.830. The normalized spacial score (nSPS) is 11.8. The van der Waals surface area contributed by atoms with Crippen molar-refractivity contribution in [3.05, 3.63) is 46.0 Å². The van der Waals surface area contributed by atoms with E-state index in [0.29, 0.717) is 21.4 Å². The van der Waals surface area contributed by atoms with Crippen molar-refractivity contribution in [3.63, 3.8) is 0 Å². The largest absolute Gasteiger partial charge is 0.392 e. The van der Waals surface area contributed by atoms with Gasteiger partial charge in [0, 0.05) is 23.9 Å². The van der Waals surface area contributed by atoms with E-state index in [-0.39, 0.29) is 18.0 Å². The van der Waals surface area contributed by atoms with Crippen LogP contribution >= 0.6 is 15.9 Å². The molecule has 8 heteroatoms. The lowest BCUT2D eigenvalue weighted by atomic mass is 10.2. The van der Waals surface area contributed by atoms with Crippen LogP contribution in [0.2, 0.25) is 0 Å². The molecule has 1 aromatic carbocycles. The summed E-state index contributed by atoms with van der Waals surface area (Å²) in [6.07, 6.45) is 3.36. The van der Waals surface area contributed by atoms with E-state index in [1.54, 1.807) is 37.0 Å². The molecule has 114 valence electrons. The first-order valence-corrected chi connectivity index (χ1v) is 8.48. The number of aliphatic hydroxyl groups is 1. The predicted molar refractivity (Wildman–Crippen MR) is 82.0 cm³/mol. The second kappa shape index (κ2) is 6.27. The standard InChI is InChI=1S/C13H16BrN3O3S/c1-9-11(14)5-10(8-18)6-12(9)21(19,20)16-7-13-15-3-4-17(13)2/h3-6,16,18H,7-8H2,1-2H3. The highest BCUT2D eigenvalue weighted by molar-refractivity contribution is 9.10. The number of sulfonamides is 1. The van der Waals surface area contributed by atoms with Gasteiger partial charge in [0.25, 0.3) is 0 Å². The summed E-state index contributed by atoms with van der Waals surface area (Å²) in [5, 5.41) is 9.21. The SMILES string of the molecule is Cc1c(Br)cc(CO)cc1S(=O)(=O)NCc1nccn1C. The van der Waals surface area contributed by atoms with Crippen molar-refractivity contribution in [1.29, 1.82) is 0 Å². The third-order valence-electron chi connectivity index (χ3n) is 3.17. The van der Waals surface area contributed by atoms with Crippen LogP contribution in [0.3, 0.4) is 0 Å². The number of benzene rings is 1. The smallest absolute Gasteiger partial charge is 0.241 e. The van der Waals surface area contributed by atoms with Crippen molar-refractivity contribution >= 4 is 26.0 Å². The van der Waals surface area contributed by atoms with Crippen LogP contribution in [0, 0.1) is 6.92 Å². The summed E-state index contributed by atoms with van der Waals surface area (Å²) in [5.41, 5.74) is 1.13. The Bertz CT molecular complexity index is 756. The van der Waals surface area contributed by atoms with Crippen molar-refractivity contribution in [2.75, 3.05) is 0 Å². The van der Waals surface area contributed by atoms with E-state index < -0.39 is 10.0 Å². The number of nitrogens with zero attached hydrogens (tertiary/aromatic N) is 2. The first-order valence-electron chi connectivity index (χ1n) is 6.21. The molecule has 0 saturated heterocycles. The number of aliphatic hydroxyl groups excluding tert-OH is 1. The number of hydrogen-bond acceptors (Lipinski definition) is 4. The van der Waals surface area contributed by atoms with Crippen LogP contribution in [0.5, 0.6) is 0 Å². The second-order valence-electron chi connectivity index (χ2n) is 4.64. The molecule has 1 aromatic heterocycles. The molecule has 0 amide bonds. The number of aromatic nitrogens is 2. The van der Waals surface area contributed by atoms with Crippen molar-refractivity contribution in [2.24, 2.45) is 7.05 Å². The highest BCUT2D eigenvalue weighted by atomic mass is 79.9. The second-order valence-corrected chi connectivity index (χ2v) is 7.23. The molecule has 2 aromatic rings. The van der Waals surface area contributed by atoms with Gasteiger partial charge in [-0.2, -0.15) is 0 Å².